The molecule has 2 aliphatic rings. The zero-order valence-electron chi connectivity index (χ0n) is 8.40. The fraction of sp³-hybridized carbons (Fsp3) is 0.455. The number of alkyl halides is 3. The Balaban J connectivity index is 2.08. The smallest absolute Gasteiger partial charge is 0.383 e. The van der Waals surface area contributed by atoms with Gasteiger partial charge in [0.25, 0.3) is 0 Å². The zero-order chi connectivity index (χ0) is 11.4. The average molecular weight is 245 g/mol. The summed E-state index contributed by atoms with van der Waals surface area (Å²) in [4.78, 5) is 0.374. The highest BCUT2D eigenvalue weighted by molar-refractivity contribution is 8.01. The Kier molecular flexibility index (Phi) is 2.00. The lowest BCUT2D eigenvalue weighted by Crippen LogP contribution is -2.24. The summed E-state index contributed by atoms with van der Waals surface area (Å²) in [6.45, 7) is 0.784. The van der Waals surface area contributed by atoms with Crippen molar-refractivity contribution in [3.8, 4) is 0 Å². The molecule has 1 aromatic carbocycles. The van der Waals surface area contributed by atoms with Gasteiger partial charge in [-0.15, -0.1) is 11.8 Å². The molecule has 0 aromatic heterocycles. The largest absolute Gasteiger partial charge is 0.417 e. The Morgan fingerprint density at radius 3 is 2.62 bits per heavy atom. The van der Waals surface area contributed by atoms with Gasteiger partial charge in [-0.05, 0) is 25.0 Å². The fourth-order valence-corrected chi connectivity index (χ4v) is 3.36. The maximum Gasteiger partial charge on any atom is 0.417 e. The van der Waals surface area contributed by atoms with E-state index in [1.807, 2.05) is 0 Å². The first-order valence-corrected chi connectivity index (χ1v) is 5.95. The lowest BCUT2D eigenvalue weighted by Gasteiger charge is -2.27. The molecule has 1 aliphatic heterocycles. The minimum atomic E-state index is -4.26. The summed E-state index contributed by atoms with van der Waals surface area (Å²) in [5.74, 6) is 0. The molecule has 0 atom stereocenters. The molecule has 1 fully saturated rings. The van der Waals surface area contributed by atoms with E-state index in [1.165, 1.54) is 17.8 Å². The van der Waals surface area contributed by atoms with E-state index in [2.05, 4.69) is 5.32 Å². The number of rotatable bonds is 0. The molecule has 3 rings (SSSR count). The SMILES string of the molecule is FC(F)(F)c1cccc2c1SC1(CC1)CN2. The van der Waals surface area contributed by atoms with E-state index in [0.717, 1.165) is 25.5 Å². The molecule has 16 heavy (non-hydrogen) atoms. The van der Waals surface area contributed by atoms with E-state index in [1.54, 1.807) is 6.07 Å². The predicted octanol–water partition coefficient (Wildman–Crippen LogP) is 3.76. The van der Waals surface area contributed by atoms with Gasteiger partial charge in [0.05, 0.1) is 5.56 Å². The Bertz CT molecular complexity index is 437. The molecule has 0 radical (unpaired) electrons. The van der Waals surface area contributed by atoms with E-state index < -0.39 is 11.7 Å². The highest BCUT2D eigenvalue weighted by atomic mass is 32.2. The highest BCUT2D eigenvalue weighted by Crippen LogP contribution is 2.57. The van der Waals surface area contributed by atoms with Crippen molar-refractivity contribution in [3.63, 3.8) is 0 Å². The van der Waals surface area contributed by atoms with Gasteiger partial charge in [0.15, 0.2) is 0 Å². The third kappa shape index (κ3) is 1.57. The lowest BCUT2D eigenvalue weighted by molar-refractivity contribution is -0.139. The van der Waals surface area contributed by atoms with Crippen molar-refractivity contribution in [1.82, 2.24) is 0 Å². The number of hydrogen-bond acceptors (Lipinski definition) is 2. The van der Waals surface area contributed by atoms with E-state index >= 15 is 0 Å². The number of halogens is 3. The lowest BCUT2D eigenvalue weighted by atomic mass is 10.2. The van der Waals surface area contributed by atoms with Gasteiger partial charge in [-0.3, -0.25) is 0 Å². The molecule has 1 aromatic rings. The van der Waals surface area contributed by atoms with Crippen LogP contribution in [0.4, 0.5) is 18.9 Å². The van der Waals surface area contributed by atoms with Crippen molar-refractivity contribution >= 4 is 17.4 Å². The Morgan fingerprint density at radius 2 is 2.00 bits per heavy atom. The van der Waals surface area contributed by atoms with Crippen molar-refractivity contribution in [2.75, 3.05) is 11.9 Å². The summed E-state index contributed by atoms with van der Waals surface area (Å²) >= 11 is 1.40. The van der Waals surface area contributed by atoms with Gasteiger partial charge in [0.2, 0.25) is 0 Å². The predicted molar refractivity (Wildman–Crippen MR) is 57.8 cm³/mol. The zero-order valence-corrected chi connectivity index (χ0v) is 9.21. The van der Waals surface area contributed by atoms with Crippen LogP contribution >= 0.6 is 11.8 Å². The van der Waals surface area contributed by atoms with Crippen LogP contribution in [-0.2, 0) is 6.18 Å². The van der Waals surface area contributed by atoms with Gasteiger partial charge in [-0.2, -0.15) is 13.2 Å². The second-order valence-electron chi connectivity index (χ2n) is 4.32. The molecular formula is C11H10F3NS. The summed E-state index contributed by atoms with van der Waals surface area (Å²) in [5.41, 5.74) is 0.117. The molecule has 0 saturated heterocycles. The third-order valence-corrected chi connectivity index (χ3v) is 4.68. The van der Waals surface area contributed by atoms with E-state index in [9.17, 15) is 13.2 Å². The first kappa shape index (κ1) is 10.3. The molecule has 1 heterocycles. The van der Waals surface area contributed by atoms with Crippen LogP contribution in [0.5, 0.6) is 0 Å². The molecule has 1 aliphatic carbocycles. The summed E-state index contributed by atoms with van der Waals surface area (Å²) < 4.78 is 38.5. The quantitative estimate of drug-likeness (QED) is 0.747. The summed E-state index contributed by atoms with van der Waals surface area (Å²) in [7, 11) is 0. The summed E-state index contributed by atoms with van der Waals surface area (Å²) in [6.07, 6.45) is -2.24. The fourth-order valence-electron chi connectivity index (χ4n) is 1.94. The number of anilines is 1. The number of nitrogens with one attached hydrogen (secondary N) is 1. The number of hydrogen-bond donors (Lipinski definition) is 1. The first-order chi connectivity index (χ1) is 7.50. The van der Waals surface area contributed by atoms with E-state index in [4.69, 9.17) is 0 Å². The minimum absolute atomic E-state index is 0.0361. The van der Waals surface area contributed by atoms with Crippen molar-refractivity contribution in [2.45, 2.75) is 28.7 Å². The maximum atomic E-state index is 12.8. The molecule has 0 unspecified atom stereocenters. The van der Waals surface area contributed by atoms with Gasteiger partial charge in [-0.1, -0.05) is 6.07 Å². The highest BCUT2D eigenvalue weighted by Gasteiger charge is 2.48. The van der Waals surface area contributed by atoms with Crippen LogP contribution in [0.2, 0.25) is 0 Å². The molecular weight excluding hydrogens is 235 g/mol. The average Bonchev–Trinajstić information content (AvgIpc) is 2.95. The summed E-state index contributed by atoms with van der Waals surface area (Å²) in [6, 6.07) is 4.34. The Labute approximate surface area is 95.4 Å². The normalized spacial score (nSPS) is 21.4. The van der Waals surface area contributed by atoms with Crippen LogP contribution in [0.1, 0.15) is 18.4 Å². The van der Waals surface area contributed by atoms with Crippen molar-refractivity contribution < 1.29 is 13.2 Å². The molecule has 1 N–H and O–H groups in total. The topological polar surface area (TPSA) is 12.0 Å². The van der Waals surface area contributed by atoms with Crippen LogP contribution in [0, 0.1) is 0 Å². The van der Waals surface area contributed by atoms with Gasteiger partial charge in [-0.25, -0.2) is 0 Å². The van der Waals surface area contributed by atoms with Crippen LogP contribution < -0.4 is 5.32 Å². The Morgan fingerprint density at radius 1 is 1.25 bits per heavy atom. The molecule has 1 saturated carbocycles. The molecule has 0 bridgehead atoms. The van der Waals surface area contributed by atoms with Gasteiger partial charge < -0.3 is 5.32 Å². The molecule has 86 valence electrons. The standard InChI is InChI=1S/C11H10F3NS/c12-11(13,14)7-2-1-3-8-9(7)16-10(4-5-10)6-15-8/h1-3,15H,4-6H2. The van der Waals surface area contributed by atoms with Crippen LogP contribution in [0.3, 0.4) is 0 Å². The second kappa shape index (κ2) is 3.09. The molecule has 5 heteroatoms. The van der Waals surface area contributed by atoms with Gasteiger partial charge in [0, 0.05) is 21.9 Å². The van der Waals surface area contributed by atoms with Gasteiger partial charge in [0.1, 0.15) is 0 Å². The van der Waals surface area contributed by atoms with Crippen molar-refractivity contribution in [2.24, 2.45) is 0 Å². The van der Waals surface area contributed by atoms with E-state index in [0.29, 0.717) is 10.6 Å². The number of thioether (sulfide) groups is 1. The maximum absolute atomic E-state index is 12.8. The molecule has 0 amide bonds. The Hall–Kier alpha value is -0.840. The number of fused-ring (bicyclic) bond motifs is 1. The number of benzene rings is 1. The minimum Gasteiger partial charge on any atom is -0.383 e. The van der Waals surface area contributed by atoms with Crippen LogP contribution in [0.15, 0.2) is 23.1 Å². The van der Waals surface area contributed by atoms with Gasteiger partial charge >= 0.3 is 6.18 Å². The van der Waals surface area contributed by atoms with Crippen LogP contribution in [0.25, 0.3) is 0 Å². The monoisotopic (exact) mass is 245 g/mol. The van der Waals surface area contributed by atoms with E-state index in [-0.39, 0.29) is 4.75 Å². The van der Waals surface area contributed by atoms with Crippen molar-refractivity contribution in [3.05, 3.63) is 23.8 Å². The van der Waals surface area contributed by atoms with Crippen LogP contribution in [-0.4, -0.2) is 11.3 Å². The molecule has 1 spiro atoms. The third-order valence-electron chi connectivity index (χ3n) is 3.05. The van der Waals surface area contributed by atoms with Crippen molar-refractivity contribution in [1.29, 1.82) is 0 Å². The molecule has 1 nitrogen and oxygen atoms in total. The first-order valence-electron chi connectivity index (χ1n) is 5.13. The summed E-state index contributed by atoms with van der Waals surface area (Å²) in [5, 5.41) is 3.11. The second-order valence-corrected chi connectivity index (χ2v) is 5.80.